The van der Waals surface area contributed by atoms with Crippen molar-refractivity contribution in [2.24, 2.45) is 5.73 Å². The lowest BCUT2D eigenvalue weighted by atomic mass is 9.89. The molecule has 2 aromatic rings. The summed E-state index contributed by atoms with van der Waals surface area (Å²) in [5, 5.41) is 10.4. The molecule has 19 heavy (non-hydrogen) atoms. The molecule has 0 aliphatic carbocycles. The molecule has 0 aromatic heterocycles. The number of hydrogen-bond acceptors (Lipinski definition) is 2. The van der Waals surface area contributed by atoms with Crippen molar-refractivity contribution in [1.82, 2.24) is 0 Å². The Bertz CT molecular complexity index is 521. The molecule has 2 rings (SSSR count). The van der Waals surface area contributed by atoms with E-state index in [0.29, 0.717) is 12.1 Å². The van der Waals surface area contributed by atoms with Gasteiger partial charge in [0, 0.05) is 12.5 Å². The fourth-order valence-electron chi connectivity index (χ4n) is 2.15. The van der Waals surface area contributed by atoms with E-state index in [0.717, 1.165) is 11.1 Å². The van der Waals surface area contributed by atoms with Gasteiger partial charge in [-0.25, -0.2) is 4.39 Å². The molecule has 0 saturated carbocycles. The molecular formula is C16H18FNO. The lowest BCUT2D eigenvalue weighted by molar-refractivity contribution is 0.147. The Hall–Kier alpha value is -1.71. The summed E-state index contributed by atoms with van der Waals surface area (Å²) in [7, 11) is 0. The van der Waals surface area contributed by atoms with E-state index < -0.39 is 6.10 Å². The van der Waals surface area contributed by atoms with Crippen LogP contribution in [0.2, 0.25) is 0 Å². The number of hydrogen-bond donors (Lipinski definition) is 2. The molecule has 0 aliphatic heterocycles. The molecule has 0 aliphatic rings. The maximum Gasteiger partial charge on any atom is 0.123 e. The molecule has 0 amide bonds. The van der Waals surface area contributed by atoms with Crippen molar-refractivity contribution in [2.45, 2.75) is 18.9 Å². The monoisotopic (exact) mass is 259 g/mol. The topological polar surface area (TPSA) is 46.2 Å². The first-order valence-corrected chi connectivity index (χ1v) is 6.32. The van der Waals surface area contributed by atoms with E-state index in [1.54, 1.807) is 12.1 Å². The Labute approximate surface area is 112 Å². The van der Waals surface area contributed by atoms with Crippen LogP contribution in [0.15, 0.2) is 48.5 Å². The minimum absolute atomic E-state index is 0.189. The number of aliphatic hydroxyl groups excluding tert-OH is 1. The Morgan fingerprint density at radius 3 is 2.05 bits per heavy atom. The molecule has 0 heterocycles. The Balaban J connectivity index is 2.26. The summed E-state index contributed by atoms with van der Waals surface area (Å²) in [6.45, 7) is 2.35. The fraction of sp³-hybridized carbons (Fsp3) is 0.250. The second-order valence-electron chi connectivity index (χ2n) is 4.75. The zero-order chi connectivity index (χ0) is 13.8. The second kappa shape index (κ2) is 5.95. The summed E-state index contributed by atoms with van der Waals surface area (Å²) in [6, 6.07) is 13.8. The standard InChI is InChI=1S/C16H18FNO/c1-11-2-4-12(5-3-11)15(10-18)16(19)13-6-8-14(17)9-7-13/h2-9,15-16,19H,10,18H2,1H3. The average Bonchev–Trinajstić information content (AvgIpc) is 2.42. The quantitative estimate of drug-likeness (QED) is 0.886. The summed E-state index contributed by atoms with van der Waals surface area (Å²) in [4.78, 5) is 0. The average molecular weight is 259 g/mol. The van der Waals surface area contributed by atoms with Crippen LogP contribution in [-0.2, 0) is 0 Å². The first kappa shape index (κ1) is 13.7. The van der Waals surface area contributed by atoms with E-state index in [1.807, 2.05) is 31.2 Å². The molecule has 2 unspecified atom stereocenters. The third-order valence-corrected chi connectivity index (χ3v) is 3.35. The van der Waals surface area contributed by atoms with Crippen LogP contribution < -0.4 is 5.73 Å². The molecule has 2 aromatic carbocycles. The van der Waals surface area contributed by atoms with Gasteiger partial charge in [-0.05, 0) is 30.2 Å². The zero-order valence-electron chi connectivity index (χ0n) is 10.9. The van der Waals surface area contributed by atoms with Crippen molar-refractivity contribution >= 4 is 0 Å². The Morgan fingerprint density at radius 2 is 1.53 bits per heavy atom. The zero-order valence-corrected chi connectivity index (χ0v) is 10.9. The van der Waals surface area contributed by atoms with E-state index in [9.17, 15) is 9.50 Å². The lowest BCUT2D eigenvalue weighted by Crippen LogP contribution is -2.20. The number of rotatable bonds is 4. The first-order chi connectivity index (χ1) is 9.11. The van der Waals surface area contributed by atoms with Crippen molar-refractivity contribution < 1.29 is 9.50 Å². The SMILES string of the molecule is Cc1ccc(C(CN)C(O)c2ccc(F)cc2)cc1. The molecule has 3 heteroatoms. The third kappa shape index (κ3) is 3.19. The van der Waals surface area contributed by atoms with E-state index in [2.05, 4.69) is 0 Å². The smallest absolute Gasteiger partial charge is 0.123 e. The van der Waals surface area contributed by atoms with Gasteiger partial charge in [0.05, 0.1) is 6.10 Å². The molecule has 2 atom stereocenters. The molecule has 0 saturated heterocycles. The van der Waals surface area contributed by atoms with Crippen LogP contribution in [0.3, 0.4) is 0 Å². The van der Waals surface area contributed by atoms with Gasteiger partial charge in [0.1, 0.15) is 5.82 Å². The largest absolute Gasteiger partial charge is 0.388 e. The molecular weight excluding hydrogens is 241 g/mol. The highest BCUT2D eigenvalue weighted by Crippen LogP contribution is 2.30. The van der Waals surface area contributed by atoms with Gasteiger partial charge in [0.25, 0.3) is 0 Å². The number of aryl methyl sites for hydroxylation is 1. The fourth-order valence-corrected chi connectivity index (χ4v) is 2.15. The van der Waals surface area contributed by atoms with Gasteiger partial charge in [-0.3, -0.25) is 0 Å². The molecule has 3 N–H and O–H groups in total. The number of benzene rings is 2. The molecule has 100 valence electrons. The predicted molar refractivity (Wildman–Crippen MR) is 74.3 cm³/mol. The number of aliphatic hydroxyl groups is 1. The van der Waals surface area contributed by atoms with Crippen LogP contribution in [0, 0.1) is 12.7 Å². The van der Waals surface area contributed by atoms with E-state index in [4.69, 9.17) is 5.73 Å². The van der Waals surface area contributed by atoms with Crippen LogP contribution in [0.5, 0.6) is 0 Å². The maximum atomic E-state index is 12.9. The first-order valence-electron chi connectivity index (χ1n) is 6.32. The Morgan fingerprint density at radius 1 is 1.00 bits per heavy atom. The van der Waals surface area contributed by atoms with E-state index in [-0.39, 0.29) is 11.7 Å². The van der Waals surface area contributed by atoms with Crippen LogP contribution in [-0.4, -0.2) is 11.7 Å². The Kier molecular flexibility index (Phi) is 4.30. The lowest BCUT2D eigenvalue weighted by Gasteiger charge is -2.22. The molecule has 2 nitrogen and oxygen atoms in total. The van der Waals surface area contributed by atoms with Crippen LogP contribution in [0.4, 0.5) is 4.39 Å². The van der Waals surface area contributed by atoms with Crippen LogP contribution >= 0.6 is 0 Å². The van der Waals surface area contributed by atoms with Crippen molar-refractivity contribution in [3.63, 3.8) is 0 Å². The van der Waals surface area contributed by atoms with Gasteiger partial charge >= 0.3 is 0 Å². The maximum absolute atomic E-state index is 12.9. The normalized spacial score (nSPS) is 14.1. The summed E-state index contributed by atoms with van der Waals surface area (Å²) in [5.74, 6) is -0.498. The minimum Gasteiger partial charge on any atom is -0.388 e. The third-order valence-electron chi connectivity index (χ3n) is 3.35. The van der Waals surface area contributed by atoms with Gasteiger partial charge in [0.15, 0.2) is 0 Å². The molecule has 0 spiro atoms. The van der Waals surface area contributed by atoms with Crippen molar-refractivity contribution in [3.8, 4) is 0 Å². The highest BCUT2D eigenvalue weighted by atomic mass is 19.1. The molecule has 0 radical (unpaired) electrons. The van der Waals surface area contributed by atoms with Crippen LogP contribution in [0.25, 0.3) is 0 Å². The molecule has 0 bridgehead atoms. The van der Waals surface area contributed by atoms with Gasteiger partial charge in [0.2, 0.25) is 0 Å². The van der Waals surface area contributed by atoms with Crippen molar-refractivity contribution in [1.29, 1.82) is 0 Å². The van der Waals surface area contributed by atoms with E-state index >= 15 is 0 Å². The second-order valence-corrected chi connectivity index (χ2v) is 4.75. The minimum atomic E-state index is -0.728. The summed E-state index contributed by atoms with van der Waals surface area (Å²) < 4.78 is 12.9. The molecule has 0 fully saturated rings. The van der Waals surface area contributed by atoms with E-state index in [1.165, 1.54) is 12.1 Å². The highest BCUT2D eigenvalue weighted by molar-refractivity contribution is 5.29. The predicted octanol–water partition coefficient (Wildman–Crippen LogP) is 2.91. The number of nitrogens with two attached hydrogens (primary N) is 1. The summed E-state index contributed by atoms with van der Waals surface area (Å²) >= 11 is 0. The van der Waals surface area contributed by atoms with Gasteiger partial charge in [-0.1, -0.05) is 42.0 Å². The van der Waals surface area contributed by atoms with Crippen LogP contribution in [0.1, 0.15) is 28.7 Å². The highest BCUT2D eigenvalue weighted by Gasteiger charge is 2.21. The van der Waals surface area contributed by atoms with Gasteiger partial charge < -0.3 is 10.8 Å². The van der Waals surface area contributed by atoms with Crippen molar-refractivity contribution in [2.75, 3.05) is 6.54 Å². The van der Waals surface area contributed by atoms with Gasteiger partial charge in [-0.2, -0.15) is 0 Å². The van der Waals surface area contributed by atoms with Gasteiger partial charge in [-0.15, -0.1) is 0 Å². The summed E-state index contributed by atoms with van der Waals surface area (Å²) in [6.07, 6.45) is -0.728. The number of halogens is 1. The van der Waals surface area contributed by atoms with Crippen molar-refractivity contribution in [3.05, 3.63) is 71.0 Å². The summed E-state index contributed by atoms with van der Waals surface area (Å²) in [5.41, 5.74) is 8.61.